The SMILES string of the molecule is COC(=O)CN(C)C(=O)c1ccc([N+](=O)[O-])s1. The Kier molecular flexibility index (Phi) is 4.16. The fraction of sp³-hybridized carbons (Fsp3) is 0.333. The van der Waals surface area contributed by atoms with Crippen LogP contribution in [0.4, 0.5) is 5.00 Å². The monoisotopic (exact) mass is 258 g/mol. The quantitative estimate of drug-likeness (QED) is 0.454. The molecule has 17 heavy (non-hydrogen) atoms. The van der Waals surface area contributed by atoms with Crippen LogP contribution in [0.1, 0.15) is 9.67 Å². The molecule has 0 unspecified atom stereocenters. The van der Waals surface area contributed by atoms with E-state index in [9.17, 15) is 19.7 Å². The predicted octanol–water partition coefficient (Wildman–Crippen LogP) is 0.901. The third kappa shape index (κ3) is 3.25. The molecule has 0 spiro atoms. The highest BCUT2D eigenvalue weighted by Crippen LogP contribution is 2.24. The number of amides is 1. The lowest BCUT2D eigenvalue weighted by molar-refractivity contribution is -0.380. The molecule has 0 aliphatic carbocycles. The van der Waals surface area contributed by atoms with E-state index in [-0.39, 0.29) is 16.4 Å². The van der Waals surface area contributed by atoms with Crippen molar-refractivity contribution in [1.82, 2.24) is 4.90 Å². The van der Waals surface area contributed by atoms with Crippen molar-refractivity contribution >= 4 is 28.2 Å². The molecular weight excluding hydrogens is 248 g/mol. The van der Waals surface area contributed by atoms with Gasteiger partial charge in [-0.15, -0.1) is 0 Å². The van der Waals surface area contributed by atoms with E-state index >= 15 is 0 Å². The standard InChI is InChI=1S/C9H10N2O5S/c1-10(5-8(12)16-2)9(13)6-3-4-7(17-6)11(14)15/h3-4H,5H2,1-2H3. The van der Waals surface area contributed by atoms with Gasteiger partial charge in [0.25, 0.3) is 5.91 Å². The van der Waals surface area contributed by atoms with Gasteiger partial charge >= 0.3 is 11.0 Å². The summed E-state index contributed by atoms with van der Waals surface area (Å²) in [5.41, 5.74) is 0. The maximum atomic E-state index is 11.7. The summed E-state index contributed by atoms with van der Waals surface area (Å²) in [6, 6.07) is 2.61. The maximum absolute atomic E-state index is 11.7. The summed E-state index contributed by atoms with van der Waals surface area (Å²) in [6.45, 7) is -0.193. The fourth-order valence-corrected chi connectivity index (χ4v) is 1.87. The van der Waals surface area contributed by atoms with Crippen LogP contribution in [0.2, 0.25) is 0 Å². The Morgan fingerprint density at radius 3 is 2.65 bits per heavy atom. The number of likely N-dealkylation sites (N-methyl/N-ethyl adjacent to an activating group) is 1. The summed E-state index contributed by atoms with van der Waals surface area (Å²) >= 11 is 0.770. The van der Waals surface area contributed by atoms with Crippen molar-refractivity contribution in [2.45, 2.75) is 0 Å². The highest BCUT2D eigenvalue weighted by atomic mass is 32.1. The largest absolute Gasteiger partial charge is 0.468 e. The van der Waals surface area contributed by atoms with Crippen molar-refractivity contribution in [2.24, 2.45) is 0 Å². The van der Waals surface area contributed by atoms with Crippen LogP contribution in [-0.2, 0) is 9.53 Å². The molecule has 8 heteroatoms. The Balaban J connectivity index is 2.74. The Bertz CT molecular complexity index is 456. The number of rotatable bonds is 4. The average Bonchev–Trinajstić information content (AvgIpc) is 2.77. The van der Waals surface area contributed by atoms with Gasteiger partial charge in [-0.2, -0.15) is 0 Å². The number of hydrogen-bond acceptors (Lipinski definition) is 6. The molecule has 0 saturated heterocycles. The van der Waals surface area contributed by atoms with Crippen molar-refractivity contribution in [2.75, 3.05) is 20.7 Å². The van der Waals surface area contributed by atoms with Crippen LogP contribution in [0.15, 0.2) is 12.1 Å². The van der Waals surface area contributed by atoms with Crippen LogP contribution in [-0.4, -0.2) is 42.4 Å². The van der Waals surface area contributed by atoms with Crippen LogP contribution in [0.25, 0.3) is 0 Å². The van der Waals surface area contributed by atoms with E-state index in [4.69, 9.17) is 0 Å². The van der Waals surface area contributed by atoms with Crippen molar-refractivity contribution in [3.8, 4) is 0 Å². The topological polar surface area (TPSA) is 89.8 Å². The van der Waals surface area contributed by atoms with Gasteiger partial charge in [-0.05, 0) is 6.07 Å². The minimum atomic E-state index is -0.568. The number of esters is 1. The second kappa shape index (κ2) is 5.39. The molecule has 7 nitrogen and oxygen atoms in total. The number of thiophene rings is 1. The number of hydrogen-bond donors (Lipinski definition) is 0. The zero-order valence-corrected chi connectivity index (χ0v) is 10.0. The molecule has 0 aliphatic heterocycles. The van der Waals surface area contributed by atoms with E-state index in [1.165, 1.54) is 26.3 Å². The number of nitrogens with zero attached hydrogens (tertiary/aromatic N) is 2. The lowest BCUT2D eigenvalue weighted by Gasteiger charge is -2.13. The molecule has 0 aliphatic rings. The lowest BCUT2D eigenvalue weighted by Crippen LogP contribution is -2.32. The molecule has 0 atom stereocenters. The van der Waals surface area contributed by atoms with E-state index in [2.05, 4.69) is 4.74 Å². The zero-order chi connectivity index (χ0) is 13.0. The third-order valence-electron chi connectivity index (χ3n) is 1.92. The molecule has 0 fully saturated rings. The zero-order valence-electron chi connectivity index (χ0n) is 9.21. The van der Waals surface area contributed by atoms with Crippen molar-refractivity contribution < 1.29 is 19.2 Å². The molecule has 1 heterocycles. The number of nitro groups is 1. The summed E-state index contributed by atoms with van der Waals surface area (Å²) in [4.78, 5) is 33.9. The first-order valence-electron chi connectivity index (χ1n) is 4.52. The smallest absolute Gasteiger partial charge is 0.325 e. The highest BCUT2D eigenvalue weighted by Gasteiger charge is 2.19. The van der Waals surface area contributed by atoms with Gasteiger partial charge in [0.2, 0.25) is 0 Å². The van der Waals surface area contributed by atoms with E-state index in [0.29, 0.717) is 0 Å². The molecule has 0 aromatic carbocycles. The van der Waals surface area contributed by atoms with Crippen LogP contribution in [0, 0.1) is 10.1 Å². The second-order valence-corrected chi connectivity index (χ2v) is 4.19. The Hall–Kier alpha value is -1.96. The van der Waals surface area contributed by atoms with Gasteiger partial charge in [-0.3, -0.25) is 19.7 Å². The first kappa shape index (κ1) is 13.1. The van der Waals surface area contributed by atoms with E-state index in [0.717, 1.165) is 16.2 Å². The summed E-state index contributed by atoms with van der Waals surface area (Å²) < 4.78 is 4.41. The van der Waals surface area contributed by atoms with Gasteiger partial charge in [0.05, 0.1) is 16.9 Å². The van der Waals surface area contributed by atoms with Crippen molar-refractivity contribution in [1.29, 1.82) is 0 Å². The molecule has 1 aromatic rings. The van der Waals surface area contributed by atoms with Crippen LogP contribution in [0.3, 0.4) is 0 Å². The molecule has 0 bridgehead atoms. The molecule has 0 N–H and O–H groups in total. The maximum Gasteiger partial charge on any atom is 0.325 e. The summed E-state index contributed by atoms with van der Waals surface area (Å²) in [6.07, 6.45) is 0. The van der Waals surface area contributed by atoms with E-state index in [1.54, 1.807) is 0 Å². The fourth-order valence-electron chi connectivity index (χ4n) is 1.06. The number of ether oxygens (including phenoxy) is 1. The molecular formula is C9H10N2O5S. The van der Waals surface area contributed by atoms with Gasteiger partial charge in [0, 0.05) is 13.1 Å². The minimum Gasteiger partial charge on any atom is -0.468 e. The molecule has 0 radical (unpaired) electrons. The lowest BCUT2D eigenvalue weighted by atomic mass is 10.4. The highest BCUT2D eigenvalue weighted by molar-refractivity contribution is 7.17. The van der Waals surface area contributed by atoms with Crippen molar-refractivity contribution in [3.05, 3.63) is 27.1 Å². The number of carbonyl (C=O) groups is 2. The number of methoxy groups -OCH3 is 1. The first-order valence-corrected chi connectivity index (χ1v) is 5.34. The summed E-state index contributed by atoms with van der Waals surface area (Å²) in [5, 5.41) is 10.3. The molecule has 0 saturated carbocycles. The van der Waals surface area contributed by atoms with Gasteiger partial charge < -0.3 is 9.64 Å². The normalized spacial score (nSPS) is 9.76. The summed E-state index contributed by atoms with van der Waals surface area (Å²) in [5.74, 6) is -1.000. The second-order valence-electron chi connectivity index (χ2n) is 3.13. The van der Waals surface area contributed by atoms with E-state index in [1.807, 2.05) is 0 Å². The predicted molar refractivity (Wildman–Crippen MR) is 59.9 cm³/mol. The van der Waals surface area contributed by atoms with Gasteiger partial charge in [0.15, 0.2) is 0 Å². The van der Waals surface area contributed by atoms with Gasteiger partial charge in [0.1, 0.15) is 6.54 Å². The number of carbonyl (C=O) groups excluding carboxylic acids is 2. The Morgan fingerprint density at radius 1 is 1.53 bits per heavy atom. The molecule has 92 valence electrons. The van der Waals surface area contributed by atoms with Crippen molar-refractivity contribution in [3.63, 3.8) is 0 Å². The summed E-state index contributed by atoms with van der Waals surface area (Å²) in [7, 11) is 2.64. The van der Waals surface area contributed by atoms with Crippen LogP contribution in [0.5, 0.6) is 0 Å². The first-order chi connectivity index (χ1) is 7.95. The molecule has 1 rings (SSSR count). The van der Waals surface area contributed by atoms with Gasteiger partial charge in [-0.25, -0.2) is 0 Å². The Morgan fingerprint density at radius 2 is 2.18 bits per heavy atom. The van der Waals surface area contributed by atoms with E-state index < -0.39 is 16.8 Å². The van der Waals surface area contributed by atoms with Crippen LogP contribution >= 0.6 is 11.3 Å². The Labute approximate surface area is 101 Å². The third-order valence-corrected chi connectivity index (χ3v) is 2.95. The van der Waals surface area contributed by atoms with Gasteiger partial charge in [-0.1, -0.05) is 11.3 Å². The average molecular weight is 258 g/mol. The van der Waals surface area contributed by atoms with Crippen LogP contribution < -0.4 is 0 Å². The minimum absolute atomic E-state index is 0.111. The molecule has 1 amide bonds. The molecule has 1 aromatic heterocycles.